The Balaban J connectivity index is 1.32. The Morgan fingerprint density at radius 2 is 1.27 bits per heavy atom. The first-order valence-electron chi connectivity index (χ1n) is 38.3. The Morgan fingerprint density at radius 1 is 0.639 bits per heavy atom. The molecule has 34 heteroatoms. The molecule has 3 aliphatic heterocycles. The maximum atomic E-state index is 15.5. The fraction of sp³-hybridized carbons (Fsp3) is 0.811. The number of nitrogens with zero attached hydrogens (tertiary/aromatic N) is 9. The van der Waals surface area contributed by atoms with Crippen LogP contribution < -0.4 is 16.0 Å². The van der Waals surface area contributed by atoms with Crippen molar-refractivity contribution in [2.45, 2.75) is 247 Å². The Hall–Kier alpha value is -7.26. The van der Waals surface area contributed by atoms with Crippen molar-refractivity contribution in [2.24, 2.45) is 35.5 Å². The smallest absolute Gasteiger partial charge is 0.379 e. The molecule has 0 aromatic rings. The van der Waals surface area contributed by atoms with Gasteiger partial charge in [-0.05, 0) is 140 Å². The summed E-state index contributed by atoms with van der Waals surface area (Å²) >= 11 is 0. The molecule has 3 N–H and O–H groups in total. The van der Waals surface area contributed by atoms with Crippen LogP contribution in [0.1, 0.15) is 163 Å². The van der Waals surface area contributed by atoms with Crippen LogP contribution >= 0.6 is 0 Å². The number of alkyl halides is 8. The average Bonchev–Trinajstić information content (AvgIpc) is 1.17. The van der Waals surface area contributed by atoms with E-state index in [4.69, 9.17) is 9.47 Å². The van der Waals surface area contributed by atoms with E-state index in [1.165, 1.54) is 71.1 Å². The number of halogens is 8. The molecule has 12 atom stereocenters. The van der Waals surface area contributed by atoms with Crippen LogP contribution in [0.3, 0.4) is 0 Å². The molecular formula is C74H114F8N12O14. The van der Waals surface area contributed by atoms with E-state index in [1.807, 2.05) is 0 Å². The summed E-state index contributed by atoms with van der Waals surface area (Å²) in [5.41, 5.74) is -1.70. The van der Waals surface area contributed by atoms with Gasteiger partial charge in [0, 0.05) is 89.1 Å². The van der Waals surface area contributed by atoms with Gasteiger partial charge in [0.25, 0.3) is 0 Å². The molecule has 3 heterocycles. The van der Waals surface area contributed by atoms with E-state index in [2.05, 4.69) is 16.0 Å². The maximum Gasteiger partial charge on any atom is 0.397 e. The first-order valence-corrected chi connectivity index (χ1v) is 38.3. The minimum Gasteiger partial charge on any atom is -0.379 e. The molecule has 7 aliphatic rings. The van der Waals surface area contributed by atoms with Crippen molar-refractivity contribution in [3.8, 4) is 0 Å². The Bertz CT molecular complexity index is 3210. The van der Waals surface area contributed by atoms with Gasteiger partial charge in [0.05, 0.1) is 38.1 Å². The topological polar surface area (TPSA) is 289 Å². The number of hydrogen-bond acceptors (Lipinski definition) is 14. The number of nitrogens with one attached hydrogen (secondary N) is 3. The molecule has 4 saturated carbocycles. The largest absolute Gasteiger partial charge is 0.397 e. The third-order valence-electron chi connectivity index (χ3n) is 23.7. The standard InChI is InChI=1S/C74H114F8N12O14/c1-13-43(4)61-69(104)88(8)41-59(97)89(9)52-24-17-16-20-33-93(68(52)103)55(36-44-25-28-47(29-26-44)73(77,78)79)67(102)87(7)40-57(95)83-51(30-27-45-34-49(75)60(50(76)35-45)74(80,81)82)65(100)94-39-48(108-15-3)37-53(94)64(99)85-72(31-21-32-72)71(106)92(12)62(46-22-18-19-23-46)70(105)91(11)54(66(101)86(5)6)38-58(96)90(10)56(42-107-14-2)63(98)84-61/h16-17,43-56,60-62H,13-15,18-42H2,1-12H3,(H,83,95)(H,84,98)(H,85,99)/b17-16-/t43-,44?,45?,47?,48+,49?,50?,51-,52-,53-,54-,55-,56-,60?,61-,62-/m0/s1. The highest BCUT2D eigenvalue weighted by molar-refractivity contribution is 6.01. The normalized spacial score (nSPS) is 31.9. The van der Waals surface area contributed by atoms with Gasteiger partial charge in [-0.1, -0.05) is 45.3 Å². The minimum atomic E-state index is -5.22. The van der Waals surface area contributed by atoms with Crippen LogP contribution in [0.2, 0.25) is 0 Å². The Kier molecular flexibility index (Phi) is 31.0. The molecule has 4 aliphatic carbocycles. The molecule has 7 rings (SSSR count). The number of carbonyl (C=O) groups excluding carboxylic acids is 12. The molecule has 0 aromatic carbocycles. The summed E-state index contributed by atoms with van der Waals surface area (Å²) in [4.78, 5) is 191. The van der Waals surface area contributed by atoms with Crippen molar-refractivity contribution in [1.82, 2.24) is 60.0 Å². The van der Waals surface area contributed by atoms with E-state index in [-0.39, 0.29) is 96.9 Å². The molecule has 0 radical (unpaired) electrons. The van der Waals surface area contributed by atoms with Gasteiger partial charge in [-0.2, -0.15) is 26.3 Å². The van der Waals surface area contributed by atoms with E-state index in [1.54, 1.807) is 39.8 Å². The summed E-state index contributed by atoms with van der Waals surface area (Å²) < 4.78 is 127. The zero-order valence-corrected chi connectivity index (χ0v) is 64.5. The van der Waals surface area contributed by atoms with Gasteiger partial charge in [-0.25, -0.2) is 8.78 Å². The summed E-state index contributed by atoms with van der Waals surface area (Å²) in [5.74, 6) is -17.2. The summed E-state index contributed by atoms with van der Waals surface area (Å²) in [5, 5.41) is 8.31. The molecule has 26 nitrogen and oxygen atoms in total. The second-order valence-corrected chi connectivity index (χ2v) is 31.2. The minimum absolute atomic E-state index is 0.0102. The van der Waals surface area contributed by atoms with Gasteiger partial charge in [0.1, 0.15) is 72.1 Å². The van der Waals surface area contributed by atoms with E-state index in [9.17, 15) is 55.1 Å². The molecule has 12 amide bonds. The zero-order chi connectivity index (χ0) is 80.2. The fourth-order valence-corrected chi connectivity index (χ4v) is 16.7. The van der Waals surface area contributed by atoms with Crippen LogP contribution in [-0.4, -0.2) is 302 Å². The van der Waals surface area contributed by atoms with Crippen LogP contribution in [-0.2, 0) is 67.0 Å². The number of fused-ring (bicyclic) bond motifs is 3. The van der Waals surface area contributed by atoms with Crippen molar-refractivity contribution < 1.29 is 102 Å². The Labute approximate surface area is 628 Å². The van der Waals surface area contributed by atoms with Crippen LogP contribution in [0.4, 0.5) is 35.1 Å². The second-order valence-electron chi connectivity index (χ2n) is 31.2. The lowest BCUT2D eigenvalue weighted by atomic mass is 9.74. The van der Waals surface area contributed by atoms with Gasteiger partial charge >= 0.3 is 12.4 Å². The van der Waals surface area contributed by atoms with E-state index in [0.29, 0.717) is 38.5 Å². The van der Waals surface area contributed by atoms with E-state index in [0.717, 1.165) is 29.4 Å². The van der Waals surface area contributed by atoms with Gasteiger partial charge in [0.2, 0.25) is 70.9 Å². The lowest BCUT2D eigenvalue weighted by Gasteiger charge is -2.46. The van der Waals surface area contributed by atoms with Crippen molar-refractivity contribution in [1.29, 1.82) is 0 Å². The van der Waals surface area contributed by atoms with Gasteiger partial charge in [-0.15, -0.1) is 0 Å². The van der Waals surface area contributed by atoms with Crippen LogP contribution in [0.5, 0.6) is 0 Å². The lowest BCUT2D eigenvalue weighted by Crippen LogP contribution is -2.68. The molecule has 2 saturated heterocycles. The van der Waals surface area contributed by atoms with Crippen molar-refractivity contribution >= 4 is 70.9 Å². The molecule has 2 unspecified atom stereocenters. The van der Waals surface area contributed by atoms with Crippen molar-refractivity contribution in [3.63, 3.8) is 0 Å². The Morgan fingerprint density at radius 3 is 1.83 bits per heavy atom. The first kappa shape index (κ1) is 88.0. The maximum absolute atomic E-state index is 15.5. The molecular weight excluding hydrogens is 1430 g/mol. The summed E-state index contributed by atoms with van der Waals surface area (Å²) in [6.45, 7) is 4.45. The van der Waals surface area contributed by atoms with Gasteiger partial charge in [-0.3, -0.25) is 57.5 Å². The highest BCUT2D eigenvalue weighted by Gasteiger charge is 2.56. The highest BCUT2D eigenvalue weighted by atomic mass is 19.4. The number of ether oxygens (including phenoxy) is 2. The fourth-order valence-electron chi connectivity index (χ4n) is 16.7. The molecule has 2 bridgehead atoms. The highest BCUT2D eigenvalue weighted by Crippen LogP contribution is 2.46. The number of rotatable bonds is 14. The number of amides is 12. The van der Waals surface area contributed by atoms with Gasteiger partial charge < -0.3 is 69.5 Å². The number of likely N-dealkylation sites (N-methyl/N-ethyl adjacent to an activating group) is 7. The third-order valence-corrected chi connectivity index (χ3v) is 23.7. The average molecular weight is 1550 g/mol. The number of hydrogen-bond donors (Lipinski definition) is 3. The van der Waals surface area contributed by atoms with Crippen LogP contribution in [0.15, 0.2) is 12.2 Å². The lowest BCUT2D eigenvalue weighted by molar-refractivity contribution is -0.219. The predicted molar refractivity (Wildman–Crippen MR) is 378 cm³/mol. The second kappa shape index (κ2) is 38.1. The first-order chi connectivity index (χ1) is 50.7. The molecule has 108 heavy (non-hydrogen) atoms. The van der Waals surface area contributed by atoms with Crippen molar-refractivity contribution in [2.75, 3.05) is 102 Å². The molecule has 6 fully saturated rings. The summed E-state index contributed by atoms with van der Waals surface area (Å²) in [6.07, 6.45) is -13.5. The SMILES string of the molecule is CCOC[C@H]1C(=O)N[C@@H]([C@@H](C)CC)C(=O)N(C)CC(=O)N(C)[C@H]2C/C=C\CCN(C2=O)[C@@H](CC2CCC(C(F)(F)F)CC2)C(=O)N(C)CC(=O)N[C@@H](CCC2CC(F)C(C(F)(F)F)C(F)C2)C(=O)N2C[C@H](OCC)C[C@H]2C(=O)NC2(CCC2)C(=O)N(C)[C@@H](C2CCCC2)C(=O)N(C)[C@H](C(=O)N(C)C)CC(=O)N1C. The molecule has 0 aromatic heterocycles. The van der Waals surface area contributed by atoms with Crippen LogP contribution in [0, 0.1) is 35.5 Å². The monoisotopic (exact) mass is 1550 g/mol. The zero-order valence-electron chi connectivity index (χ0n) is 64.5. The van der Waals surface area contributed by atoms with Gasteiger partial charge in [0.15, 0.2) is 0 Å². The summed E-state index contributed by atoms with van der Waals surface area (Å²) in [7, 11) is 10.7. The predicted octanol–water partition coefficient (Wildman–Crippen LogP) is 5.34. The van der Waals surface area contributed by atoms with Crippen molar-refractivity contribution in [3.05, 3.63) is 12.2 Å². The molecule has 1 spiro atoms. The molecule has 610 valence electrons. The van der Waals surface area contributed by atoms with E-state index < -0.39 is 236 Å². The number of carbonyl (C=O) groups is 12. The summed E-state index contributed by atoms with van der Waals surface area (Å²) in [6, 6.07) is -11.7. The quantitative estimate of drug-likeness (QED) is 0.146. The van der Waals surface area contributed by atoms with Crippen LogP contribution in [0.25, 0.3) is 0 Å². The third kappa shape index (κ3) is 21.2. The van der Waals surface area contributed by atoms with E-state index >= 15 is 37.5 Å².